The molecule has 1 N–H and O–H groups in total. The molecule has 154 valence electrons. The first-order valence-electron chi connectivity index (χ1n) is 9.28. The van der Waals surface area contributed by atoms with E-state index in [2.05, 4.69) is 52.3 Å². The molecule has 0 radical (unpaired) electrons. The Kier molecular flexibility index (Phi) is 8.55. The SMILES string of the molecule is C=CCOC(=O)N[C@@H]1CN(C(=O)OCC=C)[C@](CO[SiH](C)C)(C(C)(C)C)C1. The van der Waals surface area contributed by atoms with Crippen LogP contribution in [0.25, 0.3) is 0 Å². The number of nitrogens with zero attached hydrogens (tertiary/aromatic N) is 1. The lowest BCUT2D eigenvalue weighted by Crippen LogP contribution is -2.59. The second-order valence-electron chi connectivity index (χ2n) is 8.05. The van der Waals surface area contributed by atoms with Gasteiger partial charge in [-0.05, 0) is 24.9 Å². The van der Waals surface area contributed by atoms with Crippen molar-refractivity contribution in [3.05, 3.63) is 25.3 Å². The number of rotatable bonds is 8. The van der Waals surface area contributed by atoms with Crippen LogP contribution in [0.2, 0.25) is 13.1 Å². The maximum Gasteiger partial charge on any atom is 0.410 e. The van der Waals surface area contributed by atoms with Crippen LogP contribution in [-0.4, -0.2) is 64.1 Å². The minimum Gasteiger partial charge on any atom is -0.445 e. The van der Waals surface area contributed by atoms with Crippen LogP contribution in [0.4, 0.5) is 9.59 Å². The Balaban J connectivity index is 3.10. The highest BCUT2D eigenvalue weighted by molar-refractivity contribution is 6.48. The summed E-state index contributed by atoms with van der Waals surface area (Å²) in [5.74, 6) is 0. The molecule has 0 aromatic carbocycles. The fraction of sp³-hybridized carbons (Fsp3) is 0.684. The molecule has 0 aromatic heterocycles. The van der Waals surface area contributed by atoms with Crippen molar-refractivity contribution in [3.8, 4) is 0 Å². The van der Waals surface area contributed by atoms with Gasteiger partial charge in [0, 0.05) is 6.54 Å². The zero-order chi connectivity index (χ0) is 20.7. The first kappa shape index (κ1) is 23.2. The van der Waals surface area contributed by atoms with Gasteiger partial charge in [-0.3, -0.25) is 4.90 Å². The molecule has 1 saturated heterocycles. The third kappa shape index (κ3) is 6.10. The predicted octanol–water partition coefficient (Wildman–Crippen LogP) is 3.08. The highest BCUT2D eigenvalue weighted by Gasteiger charge is 2.56. The monoisotopic (exact) mass is 398 g/mol. The lowest BCUT2D eigenvalue weighted by Gasteiger charge is -2.47. The molecule has 1 aliphatic rings. The summed E-state index contributed by atoms with van der Waals surface area (Å²) >= 11 is 0. The number of likely N-dealkylation sites (tertiary alicyclic amines) is 1. The number of hydrogen-bond donors (Lipinski definition) is 1. The van der Waals surface area contributed by atoms with E-state index in [0.717, 1.165) is 0 Å². The summed E-state index contributed by atoms with van der Waals surface area (Å²) in [6.07, 6.45) is 2.65. The zero-order valence-corrected chi connectivity index (χ0v) is 18.4. The van der Waals surface area contributed by atoms with Crippen LogP contribution in [0.15, 0.2) is 25.3 Å². The van der Waals surface area contributed by atoms with Crippen LogP contribution in [-0.2, 0) is 13.9 Å². The smallest absolute Gasteiger partial charge is 0.410 e. The van der Waals surface area contributed by atoms with Crippen molar-refractivity contribution in [2.24, 2.45) is 5.41 Å². The molecule has 1 fully saturated rings. The molecule has 0 spiro atoms. The summed E-state index contributed by atoms with van der Waals surface area (Å²) in [5.41, 5.74) is -0.885. The van der Waals surface area contributed by atoms with Gasteiger partial charge < -0.3 is 19.2 Å². The molecule has 1 rings (SSSR count). The summed E-state index contributed by atoms with van der Waals surface area (Å²) in [6, 6.07) is -0.254. The van der Waals surface area contributed by atoms with Gasteiger partial charge in [-0.25, -0.2) is 9.59 Å². The van der Waals surface area contributed by atoms with Crippen LogP contribution in [0, 0.1) is 5.41 Å². The zero-order valence-electron chi connectivity index (χ0n) is 17.2. The highest BCUT2D eigenvalue weighted by atomic mass is 28.3. The molecule has 0 aromatic rings. The molecule has 2 amide bonds. The first-order chi connectivity index (χ1) is 12.6. The van der Waals surface area contributed by atoms with Crippen molar-refractivity contribution >= 4 is 21.2 Å². The molecule has 7 nitrogen and oxygen atoms in total. The van der Waals surface area contributed by atoms with Crippen molar-refractivity contribution in [3.63, 3.8) is 0 Å². The Hall–Kier alpha value is -1.80. The molecule has 0 unspecified atom stereocenters. The lowest BCUT2D eigenvalue weighted by molar-refractivity contribution is -0.0118. The Morgan fingerprint density at radius 1 is 1.22 bits per heavy atom. The quantitative estimate of drug-likeness (QED) is 0.502. The standard InChI is InChI=1S/C19H34N2O5Si/c1-8-10-24-16(22)20-15-12-19(18(3,4)5,14-26-27(6)7)21(13-15)17(23)25-11-9-2/h8-9,15,27H,1-2,10-14H2,3-7H3,(H,20,22)/t15-,19+/m0/s1. The average Bonchev–Trinajstić information content (AvgIpc) is 2.95. The third-order valence-electron chi connectivity index (χ3n) is 4.75. The Labute approximate surface area is 164 Å². The molecule has 1 heterocycles. The van der Waals surface area contributed by atoms with Gasteiger partial charge in [0.15, 0.2) is 9.04 Å². The van der Waals surface area contributed by atoms with E-state index in [1.165, 1.54) is 12.2 Å². The summed E-state index contributed by atoms with van der Waals surface area (Å²) in [4.78, 5) is 26.4. The molecule has 0 saturated carbocycles. The Bertz CT molecular complexity index is 547. The second kappa shape index (κ2) is 9.94. The van der Waals surface area contributed by atoms with E-state index in [1.807, 2.05) is 0 Å². The average molecular weight is 399 g/mol. The molecule has 27 heavy (non-hydrogen) atoms. The van der Waals surface area contributed by atoms with E-state index in [0.29, 0.717) is 19.6 Å². The third-order valence-corrected chi connectivity index (χ3v) is 5.59. The number of amides is 2. The minimum absolute atomic E-state index is 0.134. The molecule has 8 heteroatoms. The van der Waals surface area contributed by atoms with Crippen LogP contribution in [0.5, 0.6) is 0 Å². The number of carbonyl (C=O) groups excluding carboxylic acids is 2. The van der Waals surface area contributed by atoms with Crippen molar-refractivity contribution in [2.75, 3.05) is 26.4 Å². The maximum atomic E-state index is 12.8. The first-order valence-corrected chi connectivity index (χ1v) is 12.1. The number of carbonyl (C=O) groups is 2. The number of ether oxygens (including phenoxy) is 2. The van der Waals surface area contributed by atoms with E-state index < -0.39 is 26.8 Å². The summed E-state index contributed by atoms with van der Waals surface area (Å²) < 4.78 is 16.4. The van der Waals surface area contributed by atoms with Crippen LogP contribution in [0.1, 0.15) is 27.2 Å². The normalized spacial score (nSPS) is 22.4. The number of alkyl carbamates (subject to hydrolysis) is 1. The summed E-state index contributed by atoms with van der Waals surface area (Å²) in [7, 11) is -1.31. The molecule has 0 aliphatic carbocycles. The fourth-order valence-corrected chi connectivity index (χ4v) is 3.85. The van der Waals surface area contributed by atoms with Crippen molar-refractivity contribution in [1.82, 2.24) is 10.2 Å². The Morgan fingerprint density at radius 3 is 2.33 bits per heavy atom. The van der Waals surface area contributed by atoms with Crippen molar-refractivity contribution in [1.29, 1.82) is 0 Å². The van der Waals surface area contributed by atoms with Crippen LogP contribution >= 0.6 is 0 Å². The van der Waals surface area contributed by atoms with Gasteiger partial charge in [-0.2, -0.15) is 0 Å². The highest BCUT2D eigenvalue weighted by Crippen LogP contribution is 2.44. The molecule has 1 aliphatic heterocycles. The lowest BCUT2D eigenvalue weighted by atomic mass is 9.72. The second-order valence-corrected chi connectivity index (χ2v) is 10.5. The van der Waals surface area contributed by atoms with Crippen molar-refractivity contribution < 1.29 is 23.5 Å². The van der Waals surface area contributed by atoms with Gasteiger partial charge in [0.05, 0.1) is 18.2 Å². The Morgan fingerprint density at radius 2 is 1.81 bits per heavy atom. The van der Waals surface area contributed by atoms with E-state index in [4.69, 9.17) is 13.9 Å². The van der Waals surface area contributed by atoms with E-state index >= 15 is 0 Å². The predicted molar refractivity (Wildman–Crippen MR) is 108 cm³/mol. The number of nitrogens with one attached hydrogen (secondary N) is 1. The maximum absolute atomic E-state index is 12.8. The van der Waals surface area contributed by atoms with Crippen LogP contribution < -0.4 is 5.32 Å². The topological polar surface area (TPSA) is 77.1 Å². The molecule has 2 atom stereocenters. The van der Waals surface area contributed by atoms with Gasteiger partial charge in [-0.1, -0.05) is 46.1 Å². The van der Waals surface area contributed by atoms with Gasteiger partial charge >= 0.3 is 12.2 Å². The van der Waals surface area contributed by atoms with E-state index in [1.54, 1.807) is 4.90 Å². The largest absolute Gasteiger partial charge is 0.445 e. The molecule has 0 bridgehead atoms. The summed E-state index contributed by atoms with van der Waals surface area (Å²) in [5, 5.41) is 2.85. The fourth-order valence-electron chi connectivity index (χ4n) is 3.24. The van der Waals surface area contributed by atoms with Crippen LogP contribution in [0.3, 0.4) is 0 Å². The van der Waals surface area contributed by atoms with Gasteiger partial charge in [0.2, 0.25) is 0 Å². The number of hydrogen-bond acceptors (Lipinski definition) is 5. The summed E-state index contributed by atoms with van der Waals surface area (Å²) in [6.45, 7) is 18.5. The van der Waals surface area contributed by atoms with Gasteiger partial charge in [0.25, 0.3) is 0 Å². The molecular formula is C19H34N2O5Si. The minimum atomic E-state index is -1.31. The van der Waals surface area contributed by atoms with Crippen molar-refractivity contribution in [2.45, 2.75) is 51.9 Å². The molecular weight excluding hydrogens is 364 g/mol. The van der Waals surface area contributed by atoms with E-state index in [-0.39, 0.29) is 24.7 Å². The van der Waals surface area contributed by atoms with E-state index in [9.17, 15) is 9.59 Å². The van der Waals surface area contributed by atoms with Gasteiger partial charge in [0.1, 0.15) is 13.2 Å². The van der Waals surface area contributed by atoms with Gasteiger partial charge in [-0.15, -0.1) is 0 Å².